The second-order valence-corrected chi connectivity index (χ2v) is 7.44. The SMILES string of the molecule is CC(N)c1nnc2c3cc(-c4ccccc4)c(-c4ccc(CN)cc4)nc3ccn12. The Bertz CT molecular complexity index is 1340. The number of nitrogens with zero attached hydrogens (tertiary/aromatic N) is 4. The maximum Gasteiger partial charge on any atom is 0.170 e. The first-order chi connectivity index (χ1) is 14.7. The number of benzene rings is 2. The highest BCUT2D eigenvalue weighted by Crippen LogP contribution is 2.34. The highest BCUT2D eigenvalue weighted by atomic mass is 15.3. The minimum Gasteiger partial charge on any atom is -0.326 e. The fraction of sp³-hybridized carbons (Fsp3) is 0.125. The maximum absolute atomic E-state index is 6.07. The van der Waals surface area contributed by atoms with Gasteiger partial charge in [-0.05, 0) is 30.2 Å². The fourth-order valence-electron chi connectivity index (χ4n) is 3.78. The van der Waals surface area contributed by atoms with Gasteiger partial charge in [-0.25, -0.2) is 4.98 Å². The van der Waals surface area contributed by atoms with E-state index in [9.17, 15) is 0 Å². The average Bonchev–Trinajstić information content (AvgIpc) is 3.24. The molecule has 0 spiro atoms. The minimum atomic E-state index is -0.209. The Hall–Kier alpha value is -3.61. The Labute approximate surface area is 174 Å². The number of hydrogen-bond donors (Lipinski definition) is 2. The molecule has 5 aromatic rings. The van der Waals surface area contributed by atoms with Gasteiger partial charge < -0.3 is 11.5 Å². The van der Waals surface area contributed by atoms with Crippen molar-refractivity contribution in [2.45, 2.75) is 19.5 Å². The van der Waals surface area contributed by atoms with Gasteiger partial charge in [-0.3, -0.25) is 4.40 Å². The molecular weight excluding hydrogens is 372 g/mol. The van der Waals surface area contributed by atoms with Crippen LogP contribution in [0.4, 0.5) is 0 Å². The van der Waals surface area contributed by atoms with E-state index in [0.29, 0.717) is 6.54 Å². The van der Waals surface area contributed by atoms with E-state index in [0.717, 1.165) is 50.3 Å². The summed E-state index contributed by atoms with van der Waals surface area (Å²) in [5, 5.41) is 9.65. The van der Waals surface area contributed by atoms with Crippen LogP contribution in [-0.4, -0.2) is 19.6 Å². The summed E-state index contributed by atoms with van der Waals surface area (Å²) in [6.07, 6.45) is 1.94. The quantitative estimate of drug-likeness (QED) is 0.479. The van der Waals surface area contributed by atoms with E-state index in [4.69, 9.17) is 16.5 Å². The monoisotopic (exact) mass is 394 g/mol. The first kappa shape index (κ1) is 18.4. The van der Waals surface area contributed by atoms with Crippen LogP contribution >= 0.6 is 0 Å². The molecule has 1 atom stereocenters. The second-order valence-electron chi connectivity index (χ2n) is 7.44. The minimum absolute atomic E-state index is 0.209. The molecule has 6 heteroatoms. The van der Waals surface area contributed by atoms with Crippen molar-refractivity contribution in [3.63, 3.8) is 0 Å². The molecule has 148 valence electrons. The van der Waals surface area contributed by atoms with Crippen molar-refractivity contribution < 1.29 is 0 Å². The summed E-state index contributed by atoms with van der Waals surface area (Å²) in [4.78, 5) is 5.04. The molecule has 6 nitrogen and oxygen atoms in total. The molecule has 0 amide bonds. The van der Waals surface area contributed by atoms with Crippen molar-refractivity contribution in [2.24, 2.45) is 11.5 Å². The van der Waals surface area contributed by atoms with Gasteiger partial charge in [0.2, 0.25) is 0 Å². The third-order valence-electron chi connectivity index (χ3n) is 5.35. The first-order valence-corrected chi connectivity index (χ1v) is 9.94. The van der Waals surface area contributed by atoms with E-state index in [1.165, 1.54) is 0 Å². The van der Waals surface area contributed by atoms with Gasteiger partial charge in [0.25, 0.3) is 0 Å². The molecular formula is C24H22N6. The predicted octanol–water partition coefficient (Wildman–Crippen LogP) is 4.09. The van der Waals surface area contributed by atoms with Gasteiger partial charge in [0.05, 0.1) is 17.3 Å². The van der Waals surface area contributed by atoms with E-state index in [1.807, 2.05) is 53.9 Å². The molecule has 3 heterocycles. The number of rotatable bonds is 4. The number of hydrogen-bond acceptors (Lipinski definition) is 5. The van der Waals surface area contributed by atoms with Crippen LogP contribution in [0.15, 0.2) is 72.9 Å². The molecule has 0 saturated carbocycles. The van der Waals surface area contributed by atoms with Crippen LogP contribution in [-0.2, 0) is 6.54 Å². The van der Waals surface area contributed by atoms with Crippen molar-refractivity contribution in [3.8, 4) is 22.4 Å². The van der Waals surface area contributed by atoms with E-state index in [2.05, 4.69) is 40.5 Å². The van der Waals surface area contributed by atoms with Crippen molar-refractivity contribution in [2.75, 3.05) is 0 Å². The van der Waals surface area contributed by atoms with Crippen LogP contribution in [0.2, 0.25) is 0 Å². The lowest BCUT2D eigenvalue weighted by Crippen LogP contribution is -2.09. The van der Waals surface area contributed by atoms with Crippen LogP contribution in [0.25, 0.3) is 38.9 Å². The molecule has 30 heavy (non-hydrogen) atoms. The summed E-state index contributed by atoms with van der Waals surface area (Å²) < 4.78 is 1.94. The normalized spacial score (nSPS) is 12.5. The number of pyridine rings is 2. The zero-order valence-corrected chi connectivity index (χ0v) is 16.7. The Morgan fingerprint density at radius 3 is 2.40 bits per heavy atom. The van der Waals surface area contributed by atoms with Gasteiger partial charge in [0.15, 0.2) is 11.5 Å². The van der Waals surface area contributed by atoms with Crippen molar-refractivity contribution in [1.29, 1.82) is 0 Å². The summed E-state index contributed by atoms with van der Waals surface area (Å²) in [6, 6.07) is 22.5. The maximum atomic E-state index is 6.07. The van der Waals surface area contributed by atoms with Crippen molar-refractivity contribution in [1.82, 2.24) is 19.6 Å². The molecule has 2 aromatic carbocycles. The highest BCUT2D eigenvalue weighted by Gasteiger charge is 2.16. The average molecular weight is 394 g/mol. The Balaban J connectivity index is 1.81. The Kier molecular flexibility index (Phi) is 4.50. The molecule has 0 bridgehead atoms. The molecule has 5 rings (SSSR count). The molecule has 0 aliphatic heterocycles. The standard InChI is InChI=1S/C24H22N6/c1-15(26)23-28-29-24-20-13-19(17-5-3-2-4-6-17)22(27-21(20)11-12-30(23)24)18-9-7-16(14-25)8-10-18/h2-13,15H,14,25-26H2,1H3. The van der Waals surface area contributed by atoms with Crippen molar-refractivity contribution in [3.05, 3.63) is 84.3 Å². The lowest BCUT2D eigenvalue weighted by atomic mass is 9.97. The Morgan fingerprint density at radius 2 is 1.70 bits per heavy atom. The van der Waals surface area contributed by atoms with Gasteiger partial charge in [-0.2, -0.15) is 0 Å². The summed E-state index contributed by atoms with van der Waals surface area (Å²) in [5.41, 5.74) is 18.7. The van der Waals surface area contributed by atoms with E-state index in [1.54, 1.807) is 0 Å². The van der Waals surface area contributed by atoms with E-state index in [-0.39, 0.29) is 6.04 Å². The topological polar surface area (TPSA) is 95.1 Å². The molecule has 0 saturated heterocycles. The van der Waals surface area contributed by atoms with Crippen LogP contribution in [0, 0.1) is 0 Å². The zero-order valence-electron chi connectivity index (χ0n) is 16.7. The van der Waals surface area contributed by atoms with Gasteiger partial charge in [0.1, 0.15) is 0 Å². The van der Waals surface area contributed by atoms with Crippen LogP contribution in [0.1, 0.15) is 24.4 Å². The van der Waals surface area contributed by atoms with Crippen LogP contribution in [0.5, 0.6) is 0 Å². The van der Waals surface area contributed by atoms with Crippen LogP contribution in [0.3, 0.4) is 0 Å². The predicted molar refractivity (Wildman–Crippen MR) is 120 cm³/mol. The van der Waals surface area contributed by atoms with E-state index < -0.39 is 0 Å². The lowest BCUT2D eigenvalue weighted by molar-refractivity contribution is 0.726. The first-order valence-electron chi connectivity index (χ1n) is 9.94. The van der Waals surface area contributed by atoms with Gasteiger partial charge >= 0.3 is 0 Å². The molecule has 4 N–H and O–H groups in total. The number of nitrogens with two attached hydrogens (primary N) is 2. The molecule has 1 unspecified atom stereocenters. The summed E-state index contributed by atoms with van der Waals surface area (Å²) in [6.45, 7) is 2.42. The summed E-state index contributed by atoms with van der Waals surface area (Å²) >= 11 is 0. The largest absolute Gasteiger partial charge is 0.326 e. The summed E-state index contributed by atoms with van der Waals surface area (Å²) in [7, 11) is 0. The van der Waals surface area contributed by atoms with Gasteiger partial charge in [0, 0.05) is 29.3 Å². The third kappa shape index (κ3) is 3.03. The zero-order chi connectivity index (χ0) is 20.7. The van der Waals surface area contributed by atoms with Gasteiger partial charge in [-0.1, -0.05) is 54.6 Å². The molecule has 3 aromatic heterocycles. The Morgan fingerprint density at radius 1 is 0.933 bits per heavy atom. The molecule has 0 fully saturated rings. The summed E-state index contributed by atoms with van der Waals surface area (Å²) in [5.74, 6) is 0.731. The smallest absolute Gasteiger partial charge is 0.170 e. The molecule has 0 radical (unpaired) electrons. The van der Waals surface area contributed by atoms with Crippen molar-refractivity contribution >= 4 is 16.6 Å². The number of fused-ring (bicyclic) bond motifs is 3. The molecule has 0 aliphatic rings. The molecule has 0 aliphatic carbocycles. The fourth-order valence-corrected chi connectivity index (χ4v) is 3.78. The third-order valence-corrected chi connectivity index (χ3v) is 5.35. The van der Waals surface area contributed by atoms with E-state index >= 15 is 0 Å². The highest BCUT2D eigenvalue weighted by molar-refractivity contribution is 5.98. The number of aromatic nitrogens is 4. The second kappa shape index (κ2) is 7.33. The van der Waals surface area contributed by atoms with Gasteiger partial charge in [-0.15, -0.1) is 10.2 Å². The lowest BCUT2D eigenvalue weighted by Gasteiger charge is -2.13. The van der Waals surface area contributed by atoms with Crippen LogP contribution < -0.4 is 11.5 Å².